The minimum Gasteiger partial charge on any atom is -0.506 e. The van der Waals surface area contributed by atoms with Gasteiger partial charge in [-0.05, 0) is 25.0 Å². The van der Waals surface area contributed by atoms with E-state index >= 15 is 0 Å². The lowest BCUT2D eigenvalue weighted by atomic mass is 9.78. The molecule has 3 N–H and O–H groups in total. The van der Waals surface area contributed by atoms with Crippen LogP contribution in [0, 0.1) is 11.8 Å². The van der Waals surface area contributed by atoms with Crippen LogP contribution in [0.4, 0.5) is 5.69 Å². The zero-order chi connectivity index (χ0) is 14.7. The largest absolute Gasteiger partial charge is 0.506 e. The fourth-order valence-corrected chi connectivity index (χ4v) is 2.74. The highest BCUT2D eigenvalue weighted by Crippen LogP contribution is 2.33. The molecule has 20 heavy (non-hydrogen) atoms. The Balaban J connectivity index is 2.12. The maximum absolute atomic E-state index is 12.2. The Bertz CT molecular complexity index is 532. The number of benzene rings is 1. The molecule has 1 saturated carbocycles. The summed E-state index contributed by atoms with van der Waals surface area (Å²) in [7, 11) is 0. The first-order valence-electron chi connectivity index (χ1n) is 6.51. The Morgan fingerprint density at radius 1 is 1.20 bits per heavy atom. The Hall–Kier alpha value is -1.75. The molecule has 0 aliphatic heterocycles. The summed E-state index contributed by atoms with van der Waals surface area (Å²) >= 11 is 5.72. The van der Waals surface area contributed by atoms with Gasteiger partial charge in [0, 0.05) is 11.1 Å². The quantitative estimate of drug-likeness (QED) is 0.749. The molecule has 1 amide bonds. The maximum Gasteiger partial charge on any atom is 0.307 e. The zero-order valence-electron chi connectivity index (χ0n) is 10.8. The molecule has 2 rings (SSSR count). The summed E-state index contributed by atoms with van der Waals surface area (Å²) in [5.41, 5.74) is 0.245. The summed E-state index contributed by atoms with van der Waals surface area (Å²) in [6.07, 6.45) is 2.73. The zero-order valence-corrected chi connectivity index (χ0v) is 11.6. The number of hydrogen-bond donors (Lipinski definition) is 3. The molecular formula is C14H16ClNO4. The van der Waals surface area contributed by atoms with E-state index in [1.54, 1.807) is 6.07 Å². The van der Waals surface area contributed by atoms with Gasteiger partial charge in [0.15, 0.2) is 0 Å². The van der Waals surface area contributed by atoms with Crippen molar-refractivity contribution in [3.63, 3.8) is 0 Å². The Kier molecular flexibility index (Phi) is 4.49. The highest BCUT2D eigenvalue weighted by atomic mass is 35.5. The van der Waals surface area contributed by atoms with Crippen molar-refractivity contribution in [3.05, 3.63) is 23.2 Å². The third-order valence-corrected chi connectivity index (χ3v) is 3.87. The monoisotopic (exact) mass is 297 g/mol. The molecule has 2 atom stereocenters. The van der Waals surface area contributed by atoms with Gasteiger partial charge >= 0.3 is 5.97 Å². The summed E-state index contributed by atoms with van der Waals surface area (Å²) in [5, 5.41) is 21.8. The molecule has 1 aliphatic carbocycles. The Morgan fingerprint density at radius 3 is 2.45 bits per heavy atom. The molecule has 1 fully saturated rings. The first kappa shape index (κ1) is 14.7. The summed E-state index contributed by atoms with van der Waals surface area (Å²) in [6, 6.07) is 4.37. The molecule has 0 aromatic heterocycles. The van der Waals surface area contributed by atoms with Crippen LogP contribution >= 0.6 is 11.6 Å². The first-order chi connectivity index (χ1) is 9.49. The number of aliphatic carboxylic acids is 1. The summed E-state index contributed by atoms with van der Waals surface area (Å²) in [6.45, 7) is 0. The number of nitrogens with one attached hydrogen (secondary N) is 1. The third-order valence-electron chi connectivity index (χ3n) is 3.64. The highest BCUT2D eigenvalue weighted by molar-refractivity contribution is 6.30. The molecule has 0 saturated heterocycles. The van der Waals surface area contributed by atoms with Crippen molar-refractivity contribution in [2.45, 2.75) is 25.7 Å². The van der Waals surface area contributed by atoms with E-state index in [0.717, 1.165) is 12.8 Å². The van der Waals surface area contributed by atoms with Crippen molar-refractivity contribution >= 4 is 29.2 Å². The van der Waals surface area contributed by atoms with Crippen LogP contribution in [0.5, 0.6) is 5.75 Å². The van der Waals surface area contributed by atoms with Gasteiger partial charge in [-0.2, -0.15) is 0 Å². The van der Waals surface area contributed by atoms with Crippen molar-refractivity contribution in [1.29, 1.82) is 0 Å². The van der Waals surface area contributed by atoms with Gasteiger partial charge in [-0.25, -0.2) is 0 Å². The summed E-state index contributed by atoms with van der Waals surface area (Å²) < 4.78 is 0. The number of phenols is 1. The molecule has 1 aliphatic rings. The molecular weight excluding hydrogens is 282 g/mol. The van der Waals surface area contributed by atoms with E-state index in [4.69, 9.17) is 16.7 Å². The number of amides is 1. The first-order valence-corrected chi connectivity index (χ1v) is 6.89. The number of halogens is 1. The van der Waals surface area contributed by atoms with Crippen molar-refractivity contribution in [2.75, 3.05) is 5.32 Å². The van der Waals surface area contributed by atoms with Gasteiger partial charge in [-0.3, -0.25) is 9.59 Å². The van der Waals surface area contributed by atoms with Crippen LogP contribution < -0.4 is 5.32 Å². The number of carboxylic acid groups (broad SMARTS) is 1. The van der Waals surface area contributed by atoms with Gasteiger partial charge in [-0.1, -0.05) is 24.4 Å². The number of aromatic hydroxyl groups is 1. The minimum atomic E-state index is -0.940. The predicted octanol–water partition coefficient (Wildman–Crippen LogP) is 2.88. The van der Waals surface area contributed by atoms with Gasteiger partial charge in [-0.15, -0.1) is 0 Å². The fraction of sp³-hybridized carbons (Fsp3) is 0.429. The van der Waals surface area contributed by atoms with Crippen LogP contribution in [-0.4, -0.2) is 22.1 Å². The minimum absolute atomic E-state index is 0.131. The summed E-state index contributed by atoms with van der Waals surface area (Å²) in [5.74, 6) is -2.65. The van der Waals surface area contributed by atoms with E-state index in [-0.39, 0.29) is 17.3 Å². The van der Waals surface area contributed by atoms with Crippen molar-refractivity contribution < 1.29 is 19.8 Å². The number of hydrogen-bond acceptors (Lipinski definition) is 3. The second kappa shape index (κ2) is 6.13. The molecule has 0 bridgehead atoms. The molecule has 108 valence electrons. The number of rotatable bonds is 3. The van der Waals surface area contributed by atoms with Crippen LogP contribution in [0.2, 0.25) is 5.02 Å². The fourth-order valence-electron chi connectivity index (χ4n) is 2.58. The number of phenolic OH excluding ortho intramolecular Hbond substituents is 1. The lowest BCUT2D eigenvalue weighted by Crippen LogP contribution is -2.36. The normalized spacial score (nSPS) is 22.2. The van der Waals surface area contributed by atoms with Gasteiger partial charge in [0.1, 0.15) is 5.75 Å². The van der Waals surface area contributed by atoms with E-state index < -0.39 is 17.8 Å². The van der Waals surface area contributed by atoms with Gasteiger partial charge < -0.3 is 15.5 Å². The van der Waals surface area contributed by atoms with Crippen LogP contribution in [-0.2, 0) is 9.59 Å². The molecule has 2 unspecified atom stereocenters. The molecule has 5 nitrogen and oxygen atoms in total. The van der Waals surface area contributed by atoms with Gasteiger partial charge in [0.05, 0.1) is 17.5 Å². The molecule has 0 heterocycles. The molecule has 0 spiro atoms. The number of carbonyl (C=O) groups is 2. The number of carboxylic acids is 1. The van der Waals surface area contributed by atoms with Crippen LogP contribution in [0.1, 0.15) is 25.7 Å². The molecule has 0 radical (unpaired) electrons. The van der Waals surface area contributed by atoms with Gasteiger partial charge in [0.2, 0.25) is 5.91 Å². The second-order valence-electron chi connectivity index (χ2n) is 4.99. The molecule has 1 aromatic carbocycles. The number of carbonyl (C=O) groups excluding carboxylic acids is 1. The predicted molar refractivity (Wildman–Crippen MR) is 74.8 cm³/mol. The van der Waals surface area contributed by atoms with Crippen LogP contribution in [0.3, 0.4) is 0 Å². The average molecular weight is 298 g/mol. The Morgan fingerprint density at radius 2 is 1.85 bits per heavy atom. The Labute approximate surface area is 121 Å². The lowest BCUT2D eigenvalue weighted by Gasteiger charge is -2.27. The molecule has 1 aromatic rings. The van der Waals surface area contributed by atoms with Gasteiger partial charge in [0.25, 0.3) is 0 Å². The SMILES string of the molecule is O=C(O)C1CCCCC1C(=O)Nc1ccc(Cl)cc1O. The highest BCUT2D eigenvalue weighted by Gasteiger charge is 2.35. The third kappa shape index (κ3) is 3.22. The smallest absolute Gasteiger partial charge is 0.307 e. The van der Waals surface area contributed by atoms with E-state index in [2.05, 4.69) is 5.32 Å². The second-order valence-corrected chi connectivity index (χ2v) is 5.42. The van der Waals surface area contributed by atoms with Crippen LogP contribution in [0.25, 0.3) is 0 Å². The molecule has 6 heteroatoms. The van der Waals surface area contributed by atoms with E-state index in [1.807, 2.05) is 0 Å². The lowest BCUT2D eigenvalue weighted by molar-refractivity contribution is -0.147. The number of anilines is 1. The maximum atomic E-state index is 12.2. The van der Waals surface area contributed by atoms with Crippen molar-refractivity contribution in [1.82, 2.24) is 0 Å². The standard InChI is InChI=1S/C14H16ClNO4/c15-8-5-6-11(12(17)7-8)16-13(18)9-3-1-2-4-10(9)14(19)20/h5-7,9-10,17H,1-4H2,(H,16,18)(H,19,20). The average Bonchev–Trinajstić information content (AvgIpc) is 2.41. The van der Waals surface area contributed by atoms with E-state index in [1.165, 1.54) is 12.1 Å². The van der Waals surface area contributed by atoms with Crippen molar-refractivity contribution in [3.8, 4) is 5.75 Å². The van der Waals surface area contributed by atoms with E-state index in [9.17, 15) is 14.7 Å². The van der Waals surface area contributed by atoms with Crippen molar-refractivity contribution in [2.24, 2.45) is 11.8 Å². The van der Waals surface area contributed by atoms with E-state index in [0.29, 0.717) is 17.9 Å². The topological polar surface area (TPSA) is 86.6 Å². The summed E-state index contributed by atoms with van der Waals surface area (Å²) in [4.78, 5) is 23.4. The van der Waals surface area contributed by atoms with Crippen LogP contribution in [0.15, 0.2) is 18.2 Å².